The molecular formula is C14H15NO. The van der Waals surface area contributed by atoms with Gasteiger partial charge in [0, 0.05) is 11.6 Å². The van der Waals surface area contributed by atoms with Crippen molar-refractivity contribution in [2.45, 2.75) is 19.3 Å². The van der Waals surface area contributed by atoms with Gasteiger partial charge in [0.25, 0.3) is 0 Å². The summed E-state index contributed by atoms with van der Waals surface area (Å²) in [4.78, 5) is 11.8. The predicted molar refractivity (Wildman–Crippen MR) is 64.7 cm³/mol. The summed E-state index contributed by atoms with van der Waals surface area (Å²) in [5.74, 6) is 1.07. The number of benzene rings is 1. The molecule has 1 fully saturated rings. The largest absolute Gasteiger partial charge is 0.399 e. The molecule has 82 valence electrons. The zero-order valence-electron chi connectivity index (χ0n) is 9.15. The van der Waals surface area contributed by atoms with Gasteiger partial charge < -0.3 is 5.73 Å². The number of nitrogens with two attached hydrogens (primary N) is 1. The second kappa shape index (κ2) is 3.48. The van der Waals surface area contributed by atoms with Crippen LogP contribution in [0, 0.1) is 11.8 Å². The molecule has 0 heterocycles. The van der Waals surface area contributed by atoms with E-state index in [1.54, 1.807) is 0 Å². The Morgan fingerprint density at radius 3 is 2.50 bits per heavy atom. The van der Waals surface area contributed by atoms with Crippen molar-refractivity contribution in [2.75, 3.05) is 5.73 Å². The lowest BCUT2D eigenvalue weighted by Gasteiger charge is -2.13. The topological polar surface area (TPSA) is 43.1 Å². The summed E-state index contributed by atoms with van der Waals surface area (Å²) in [5.41, 5.74) is 8.84. The number of rotatable bonds is 1. The van der Waals surface area contributed by atoms with Crippen molar-refractivity contribution in [3.8, 4) is 0 Å². The first-order valence-electron chi connectivity index (χ1n) is 5.87. The highest BCUT2D eigenvalue weighted by atomic mass is 16.1. The molecule has 16 heavy (non-hydrogen) atoms. The minimum atomic E-state index is 0.271. The van der Waals surface area contributed by atoms with E-state index < -0.39 is 0 Å². The molecular weight excluding hydrogens is 198 g/mol. The van der Waals surface area contributed by atoms with Crippen LogP contribution in [-0.4, -0.2) is 5.78 Å². The Bertz CT molecular complexity index is 458. The fourth-order valence-corrected chi connectivity index (χ4v) is 3.01. The van der Waals surface area contributed by atoms with Crippen LogP contribution in [0.3, 0.4) is 0 Å². The molecule has 0 saturated heterocycles. The third kappa shape index (κ3) is 1.37. The van der Waals surface area contributed by atoms with Crippen molar-refractivity contribution in [1.29, 1.82) is 0 Å². The second-order valence-electron chi connectivity index (χ2n) is 4.77. The fraction of sp³-hybridized carbons (Fsp3) is 0.357. The molecule has 0 aliphatic heterocycles. The van der Waals surface area contributed by atoms with Crippen molar-refractivity contribution < 1.29 is 4.79 Å². The van der Waals surface area contributed by atoms with Gasteiger partial charge in [-0.05, 0) is 48.1 Å². The van der Waals surface area contributed by atoms with Crippen LogP contribution in [0.25, 0.3) is 5.57 Å². The Kier molecular flexibility index (Phi) is 2.10. The highest BCUT2D eigenvalue weighted by Gasteiger charge is 2.39. The molecule has 1 saturated carbocycles. The lowest BCUT2D eigenvalue weighted by molar-refractivity contribution is -0.117. The van der Waals surface area contributed by atoms with Crippen LogP contribution in [-0.2, 0) is 4.79 Å². The summed E-state index contributed by atoms with van der Waals surface area (Å²) in [6.45, 7) is 0. The first-order chi connectivity index (χ1) is 7.75. The monoisotopic (exact) mass is 213 g/mol. The molecule has 2 aliphatic carbocycles. The van der Waals surface area contributed by atoms with Gasteiger partial charge in [-0.15, -0.1) is 0 Å². The highest BCUT2D eigenvalue weighted by Crippen LogP contribution is 2.46. The SMILES string of the molecule is Nc1ccc(C2=CC(=O)C3CCCC23)cc1. The zero-order chi connectivity index (χ0) is 11.1. The van der Waals surface area contributed by atoms with Gasteiger partial charge in [-0.25, -0.2) is 0 Å². The Labute approximate surface area is 95.2 Å². The van der Waals surface area contributed by atoms with Crippen LogP contribution in [0.2, 0.25) is 0 Å². The predicted octanol–water partition coefficient (Wildman–Crippen LogP) is 2.65. The molecule has 2 atom stereocenters. The van der Waals surface area contributed by atoms with E-state index >= 15 is 0 Å². The van der Waals surface area contributed by atoms with Crippen molar-refractivity contribution in [3.63, 3.8) is 0 Å². The molecule has 3 rings (SSSR count). The number of nitrogen functional groups attached to an aromatic ring is 1. The van der Waals surface area contributed by atoms with Crippen LogP contribution in [0.15, 0.2) is 30.3 Å². The standard InChI is InChI=1S/C14H15NO/c15-10-6-4-9(5-7-10)13-8-14(16)12-3-1-2-11(12)13/h4-8,11-12H,1-3,15H2. The Hall–Kier alpha value is -1.57. The summed E-state index contributed by atoms with van der Waals surface area (Å²) < 4.78 is 0. The molecule has 1 aromatic rings. The van der Waals surface area contributed by atoms with Gasteiger partial charge in [-0.3, -0.25) is 4.79 Å². The highest BCUT2D eigenvalue weighted by molar-refractivity contribution is 6.04. The van der Waals surface area contributed by atoms with Gasteiger partial charge >= 0.3 is 0 Å². The van der Waals surface area contributed by atoms with Gasteiger partial charge in [-0.1, -0.05) is 18.6 Å². The lowest BCUT2D eigenvalue weighted by atomic mass is 9.90. The van der Waals surface area contributed by atoms with Gasteiger partial charge in [-0.2, -0.15) is 0 Å². The van der Waals surface area contributed by atoms with E-state index in [4.69, 9.17) is 5.73 Å². The van der Waals surface area contributed by atoms with Crippen LogP contribution in [0.4, 0.5) is 5.69 Å². The molecule has 2 aliphatic rings. The van der Waals surface area contributed by atoms with E-state index in [0.29, 0.717) is 11.7 Å². The maximum Gasteiger partial charge on any atom is 0.159 e. The van der Waals surface area contributed by atoms with E-state index in [1.165, 1.54) is 12.0 Å². The van der Waals surface area contributed by atoms with Crippen molar-refractivity contribution in [1.82, 2.24) is 0 Å². The number of anilines is 1. The number of fused-ring (bicyclic) bond motifs is 1. The number of allylic oxidation sites excluding steroid dienone is 2. The van der Waals surface area contributed by atoms with Crippen LogP contribution < -0.4 is 5.73 Å². The minimum Gasteiger partial charge on any atom is -0.399 e. The van der Waals surface area contributed by atoms with E-state index in [1.807, 2.05) is 30.3 Å². The maximum atomic E-state index is 11.8. The van der Waals surface area contributed by atoms with Gasteiger partial charge in [0.15, 0.2) is 5.78 Å². The summed E-state index contributed by atoms with van der Waals surface area (Å²) in [6, 6.07) is 7.86. The molecule has 2 heteroatoms. The minimum absolute atomic E-state index is 0.271. The molecule has 0 radical (unpaired) electrons. The van der Waals surface area contributed by atoms with Crippen LogP contribution in [0.5, 0.6) is 0 Å². The molecule has 0 spiro atoms. The van der Waals surface area contributed by atoms with E-state index in [2.05, 4.69) is 0 Å². The van der Waals surface area contributed by atoms with Gasteiger partial charge in [0.05, 0.1) is 0 Å². The summed E-state index contributed by atoms with van der Waals surface area (Å²) in [7, 11) is 0. The molecule has 2 unspecified atom stereocenters. The smallest absolute Gasteiger partial charge is 0.159 e. The first kappa shape index (κ1) is 9.64. The third-order valence-corrected chi connectivity index (χ3v) is 3.82. The average molecular weight is 213 g/mol. The molecule has 0 amide bonds. The van der Waals surface area contributed by atoms with E-state index in [0.717, 1.165) is 24.1 Å². The van der Waals surface area contributed by atoms with Crippen molar-refractivity contribution in [3.05, 3.63) is 35.9 Å². The fourth-order valence-electron chi connectivity index (χ4n) is 3.01. The Balaban J connectivity index is 1.98. The van der Waals surface area contributed by atoms with E-state index in [-0.39, 0.29) is 5.92 Å². The number of carbonyl (C=O) groups is 1. The molecule has 0 bridgehead atoms. The van der Waals surface area contributed by atoms with Crippen molar-refractivity contribution in [2.24, 2.45) is 11.8 Å². The first-order valence-corrected chi connectivity index (χ1v) is 5.87. The number of hydrogen-bond acceptors (Lipinski definition) is 2. The molecule has 1 aromatic carbocycles. The van der Waals surface area contributed by atoms with Crippen LogP contribution in [0.1, 0.15) is 24.8 Å². The normalized spacial score (nSPS) is 28.0. The summed E-state index contributed by atoms with van der Waals surface area (Å²) in [6.07, 6.45) is 5.26. The molecule has 2 nitrogen and oxygen atoms in total. The maximum absolute atomic E-state index is 11.8. The van der Waals surface area contributed by atoms with Crippen LogP contribution >= 0.6 is 0 Å². The average Bonchev–Trinajstić information content (AvgIpc) is 2.84. The Morgan fingerprint density at radius 1 is 1.06 bits per heavy atom. The summed E-state index contributed by atoms with van der Waals surface area (Å²) >= 11 is 0. The van der Waals surface area contributed by atoms with Crippen molar-refractivity contribution >= 4 is 17.0 Å². The lowest BCUT2D eigenvalue weighted by Crippen LogP contribution is -2.09. The van der Waals surface area contributed by atoms with E-state index in [9.17, 15) is 4.79 Å². The molecule has 2 N–H and O–H groups in total. The van der Waals surface area contributed by atoms with Gasteiger partial charge in [0.1, 0.15) is 0 Å². The Morgan fingerprint density at radius 2 is 1.75 bits per heavy atom. The number of ketones is 1. The third-order valence-electron chi connectivity index (χ3n) is 3.82. The number of hydrogen-bond donors (Lipinski definition) is 1. The quantitative estimate of drug-likeness (QED) is 0.729. The molecule has 0 aromatic heterocycles. The second-order valence-corrected chi connectivity index (χ2v) is 4.77. The van der Waals surface area contributed by atoms with Gasteiger partial charge in [0.2, 0.25) is 0 Å². The zero-order valence-corrected chi connectivity index (χ0v) is 9.15. The summed E-state index contributed by atoms with van der Waals surface area (Å²) in [5, 5.41) is 0. The number of carbonyl (C=O) groups excluding carboxylic acids is 1.